The highest BCUT2D eigenvalue weighted by Gasteiger charge is 2.27. The van der Waals surface area contributed by atoms with Crippen LogP contribution in [0.2, 0.25) is 6.04 Å². The second-order valence-corrected chi connectivity index (χ2v) is 7.44. The van der Waals surface area contributed by atoms with Gasteiger partial charge in [0.25, 0.3) is 0 Å². The predicted molar refractivity (Wildman–Crippen MR) is 73.4 cm³/mol. The highest BCUT2D eigenvalue weighted by Crippen LogP contribution is 2.23. The Bertz CT molecular complexity index is 471. The normalized spacial score (nSPS) is 13.6. The maximum absolute atomic E-state index is 2.35. The minimum absolute atomic E-state index is 0.876. The van der Waals surface area contributed by atoms with Crippen LogP contribution in [-0.4, -0.2) is 8.80 Å². The molecule has 80 valence electrons. The van der Waals surface area contributed by atoms with Gasteiger partial charge < -0.3 is 0 Å². The lowest BCUT2D eigenvalue weighted by atomic mass is 10.1. The van der Waals surface area contributed by atoms with Gasteiger partial charge in [0.1, 0.15) is 8.80 Å². The molecule has 0 radical (unpaired) electrons. The van der Waals surface area contributed by atoms with Gasteiger partial charge in [-0.15, -0.1) is 0 Å². The Morgan fingerprint density at radius 2 is 1.31 bits per heavy atom. The van der Waals surface area contributed by atoms with Crippen LogP contribution in [0.4, 0.5) is 0 Å². The monoisotopic (exact) mass is 224 g/mol. The van der Waals surface area contributed by atoms with E-state index >= 15 is 0 Å². The predicted octanol–water partition coefficient (Wildman–Crippen LogP) is 2.42. The highest BCUT2D eigenvalue weighted by atomic mass is 28.3. The highest BCUT2D eigenvalue weighted by molar-refractivity contribution is 6.89. The molecule has 0 N–H and O–H groups in total. The van der Waals surface area contributed by atoms with Gasteiger partial charge in [-0.3, -0.25) is 0 Å². The number of benzene rings is 2. The van der Waals surface area contributed by atoms with Crippen molar-refractivity contribution in [1.82, 2.24) is 0 Å². The average Bonchev–Trinajstić information content (AvgIpc) is 2.66. The molecule has 0 atom stereocenters. The first-order valence-electron chi connectivity index (χ1n) is 6.10. The van der Waals surface area contributed by atoms with Crippen LogP contribution in [0.5, 0.6) is 0 Å². The molecule has 1 heterocycles. The summed E-state index contributed by atoms with van der Waals surface area (Å²) in [6.07, 6.45) is 1.31. The van der Waals surface area contributed by atoms with Crippen molar-refractivity contribution in [3.8, 4) is 11.1 Å². The third-order valence-corrected chi connectivity index (χ3v) is 7.20. The summed E-state index contributed by atoms with van der Waals surface area (Å²) in [7, 11) is -0.876. The summed E-state index contributed by atoms with van der Waals surface area (Å²) in [4.78, 5) is 0. The van der Waals surface area contributed by atoms with Crippen molar-refractivity contribution in [2.24, 2.45) is 0 Å². The first kappa shape index (κ1) is 9.85. The van der Waals surface area contributed by atoms with E-state index in [4.69, 9.17) is 0 Å². The molecule has 0 spiro atoms. The van der Waals surface area contributed by atoms with Crippen LogP contribution in [0.1, 0.15) is 13.3 Å². The Morgan fingerprint density at radius 1 is 0.812 bits per heavy atom. The fourth-order valence-electron chi connectivity index (χ4n) is 2.86. The van der Waals surface area contributed by atoms with Crippen LogP contribution < -0.4 is 10.4 Å². The van der Waals surface area contributed by atoms with E-state index in [-0.39, 0.29) is 0 Å². The maximum Gasteiger partial charge on any atom is 0.104 e. The van der Waals surface area contributed by atoms with E-state index in [2.05, 4.69) is 55.5 Å². The fourth-order valence-corrected chi connectivity index (χ4v) is 6.34. The summed E-state index contributed by atoms with van der Waals surface area (Å²) in [6, 6.07) is 19.4. The number of fused-ring (bicyclic) bond motifs is 3. The zero-order chi connectivity index (χ0) is 11.0. The van der Waals surface area contributed by atoms with E-state index in [1.54, 1.807) is 10.4 Å². The minimum Gasteiger partial charge on any atom is -0.0656 e. The Hall–Kier alpha value is -1.34. The zero-order valence-corrected chi connectivity index (χ0v) is 10.8. The smallest absolute Gasteiger partial charge is 0.0656 e. The van der Waals surface area contributed by atoms with Gasteiger partial charge in [-0.1, -0.05) is 78.3 Å². The van der Waals surface area contributed by atoms with E-state index in [0.717, 1.165) is 0 Å². The lowest BCUT2D eigenvalue weighted by Crippen LogP contribution is -2.37. The summed E-state index contributed by atoms with van der Waals surface area (Å²) in [5, 5.41) is 3.32. The molecule has 1 aliphatic heterocycles. The van der Waals surface area contributed by atoms with Crippen molar-refractivity contribution in [2.45, 2.75) is 19.4 Å². The van der Waals surface area contributed by atoms with Crippen LogP contribution >= 0.6 is 0 Å². The molecule has 2 aromatic carbocycles. The molecule has 0 unspecified atom stereocenters. The fraction of sp³-hybridized carbons (Fsp3) is 0.200. The number of rotatable bonds is 2. The summed E-state index contributed by atoms with van der Waals surface area (Å²) < 4.78 is 0. The molecule has 0 fully saturated rings. The third-order valence-electron chi connectivity index (χ3n) is 3.54. The zero-order valence-electron chi connectivity index (χ0n) is 9.61. The molecule has 0 nitrogen and oxygen atoms in total. The molecular formula is C15H16Si. The van der Waals surface area contributed by atoms with Crippen molar-refractivity contribution in [2.75, 3.05) is 0 Å². The lowest BCUT2D eigenvalue weighted by molar-refractivity contribution is 1.07. The number of hydrogen-bond donors (Lipinski definition) is 0. The van der Waals surface area contributed by atoms with Gasteiger partial charge in [0, 0.05) is 0 Å². The molecule has 0 aliphatic carbocycles. The maximum atomic E-state index is 2.35. The molecule has 1 heteroatoms. The molecule has 2 aromatic rings. The van der Waals surface area contributed by atoms with Gasteiger partial charge >= 0.3 is 0 Å². The van der Waals surface area contributed by atoms with Gasteiger partial charge in [0.2, 0.25) is 0 Å². The van der Waals surface area contributed by atoms with Gasteiger partial charge in [-0.25, -0.2) is 0 Å². The van der Waals surface area contributed by atoms with Crippen LogP contribution in [0, 0.1) is 0 Å². The second kappa shape index (κ2) is 3.91. The van der Waals surface area contributed by atoms with Crippen molar-refractivity contribution in [3.05, 3.63) is 48.5 Å². The molecule has 16 heavy (non-hydrogen) atoms. The van der Waals surface area contributed by atoms with Crippen molar-refractivity contribution in [3.63, 3.8) is 0 Å². The quantitative estimate of drug-likeness (QED) is 0.687. The lowest BCUT2D eigenvalue weighted by Gasteiger charge is -2.09. The van der Waals surface area contributed by atoms with Crippen LogP contribution in [0.15, 0.2) is 48.5 Å². The van der Waals surface area contributed by atoms with E-state index in [1.807, 2.05) is 0 Å². The minimum atomic E-state index is -0.876. The van der Waals surface area contributed by atoms with E-state index < -0.39 is 8.80 Å². The van der Waals surface area contributed by atoms with E-state index in [1.165, 1.54) is 23.6 Å². The summed E-state index contributed by atoms with van der Waals surface area (Å²) in [5.41, 5.74) is 3.01. The standard InChI is InChI=1S/C15H16Si/c1-2-11-16-14-9-5-3-7-12(14)13-8-4-6-10-15(13)16/h3-10,16H,2,11H2,1H3. The average molecular weight is 224 g/mol. The van der Waals surface area contributed by atoms with Gasteiger partial charge in [-0.2, -0.15) is 0 Å². The molecule has 0 amide bonds. The Morgan fingerprint density at radius 3 is 1.81 bits per heavy atom. The Balaban J connectivity index is 2.21. The first-order valence-corrected chi connectivity index (χ1v) is 8.07. The summed E-state index contributed by atoms with van der Waals surface area (Å²) in [5.74, 6) is 0. The molecule has 1 aliphatic rings. The Labute approximate surface area is 98.6 Å². The van der Waals surface area contributed by atoms with Crippen molar-refractivity contribution < 1.29 is 0 Å². The topological polar surface area (TPSA) is 0 Å². The van der Waals surface area contributed by atoms with Gasteiger partial charge in [-0.05, 0) is 11.1 Å². The third kappa shape index (κ3) is 1.35. The molecule has 0 aromatic heterocycles. The van der Waals surface area contributed by atoms with Crippen LogP contribution in [0.25, 0.3) is 11.1 Å². The Kier molecular flexibility index (Phi) is 2.41. The largest absolute Gasteiger partial charge is 0.104 e. The molecule has 0 saturated carbocycles. The summed E-state index contributed by atoms with van der Waals surface area (Å²) >= 11 is 0. The molecule has 0 bridgehead atoms. The van der Waals surface area contributed by atoms with Crippen LogP contribution in [-0.2, 0) is 0 Å². The first-order chi connectivity index (χ1) is 7.92. The molecule has 0 saturated heterocycles. The molecular weight excluding hydrogens is 208 g/mol. The summed E-state index contributed by atoms with van der Waals surface area (Å²) in [6.45, 7) is 2.30. The number of hydrogen-bond acceptors (Lipinski definition) is 0. The molecule has 3 rings (SSSR count). The van der Waals surface area contributed by atoms with Gasteiger partial charge in [0.15, 0.2) is 0 Å². The second-order valence-electron chi connectivity index (χ2n) is 4.52. The SMILES string of the molecule is CCC[SiH]1c2ccccc2-c2ccccc21. The van der Waals surface area contributed by atoms with E-state index in [9.17, 15) is 0 Å². The van der Waals surface area contributed by atoms with Gasteiger partial charge in [0.05, 0.1) is 0 Å². The van der Waals surface area contributed by atoms with Crippen molar-refractivity contribution in [1.29, 1.82) is 0 Å². The van der Waals surface area contributed by atoms with Crippen molar-refractivity contribution >= 4 is 19.2 Å². The van der Waals surface area contributed by atoms with Crippen LogP contribution in [0.3, 0.4) is 0 Å². The van der Waals surface area contributed by atoms with E-state index in [0.29, 0.717) is 0 Å².